The van der Waals surface area contributed by atoms with E-state index in [0.717, 1.165) is 0 Å². The van der Waals surface area contributed by atoms with Crippen LogP contribution in [0.15, 0.2) is 23.5 Å². The second kappa shape index (κ2) is 3.74. The molecule has 0 aliphatic rings. The van der Waals surface area contributed by atoms with E-state index >= 15 is 0 Å². The summed E-state index contributed by atoms with van der Waals surface area (Å²) in [5, 5.41) is 3.82. The molecule has 1 N–H and O–H groups in total. The molecular formula is C8H7ClN4O2. The molecule has 7 heteroatoms. The van der Waals surface area contributed by atoms with E-state index in [1.165, 1.54) is 12.5 Å². The predicted molar refractivity (Wildman–Crippen MR) is 53.1 cm³/mol. The highest BCUT2D eigenvalue weighted by Crippen LogP contribution is 2.22. The summed E-state index contributed by atoms with van der Waals surface area (Å²) in [6, 6.07) is 0. The maximum atomic E-state index is 11.1. The molecule has 0 spiro atoms. The standard InChI is InChI=1S/C8H7ClN4O2/c1-13-3-5(2-12-13)15-8-6(9)7(14)10-4-11-8/h2-4H,1H3,(H,10,11,14). The molecule has 0 aliphatic heterocycles. The molecule has 0 atom stereocenters. The second-order valence-electron chi connectivity index (χ2n) is 2.80. The molecule has 2 heterocycles. The van der Waals surface area contributed by atoms with Gasteiger partial charge >= 0.3 is 0 Å². The minimum absolute atomic E-state index is 0.0633. The quantitative estimate of drug-likeness (QED) is 0.828. The van der Waals surface area contributed by atoms with E-state index in [0.29, 0.717) is 5.75 Å². The molecule has 0 unspecified atom stereocenters. The Labute approximate surface area is 89.5 Å². The lowest BCUT2D eigenvalue weighted by Crippen LogP contribution is -2.07. The van der Waals surface area contributed by atoms with Gasteiger partial charge in [0.15, 0.2) is 10.8 Å². The second-order valence-corrected chi connectivity index (χ2v) is 3.18. The van der Waals surface area contributed by atoms with E-state index in [4.69, 9.17) is 16.3 Å². The van der Waals surface area contributed by atoms with Crippen molar-refractivity contribution in [2.24, 2.45) is 7.05 Å². The Balaban J connectivity index is 2.32. The van der Waals surface area contributed by atoms with Crippen LogP contribution in [0.5, 0.6) is 11.6 Å². The summed E-state index contributed by atoms with van der Waals surface area (Å²) in [6.45, 7) is 0. The van der Waals surface area contributed by atoms with Crippen LogP contribution in [0.25, 0.3) is 0 Å². The van der Waals surface area contributed by atoms with Crippen molar-refractivity contribution in [2.75, 3.05) is 0 Å². The number of halogens is 1. The fraction of sp³-hybridized carbons (Fsp3) is 0.125. The molecule has 6 nitrogen and oxygen atoms in total. The van der Waals surface area contributed by atoms with Crippen LogP contribution in [0, 0.1) is 0 Å². The van der Waals surface area contributed by atoms with Crippen molar-refractivity contribution in [1.29, 1.82) is 0 Å². The Morgan fingerprint density at radius 1 is 1.60 bits per heavy atom. The third-order valence-electron chi connectivity index (χ3n) is 1.66. The van der Waals surface area contributed by atoms with Crippen LogP contribution in [0.1, 0.15) is 0 Å². The van der Waals surface area contributed by atoms with E-state index < -0.39 is 5.56 Å². The van der Waals surface area contributed by atoms with Crippen molar-refractivity contribution in [2.45, 2.75) is 0 Å². The van der Waals surface area contributed by atoms with Crippen molar-refractivity contribution in [1.82, 2.24) is 19.7 Å². The Morgan fingerprint density at radius 3 is 3.07 bits per heavy atom. The van der Waals surface area contributed by atoms with Gasteiger partial charge in [0.1, 0.15) is 0 Å². The first-order valence-corrected chi connectivity index (χ1v) is 4.44. The van der Waals surface area contributed by atoms with Crippen LogP contribution >= 0.6 is 11.6 Å². The average Bonchev–Trinajstić information content (AvgIpc) is 2.59. The van der Waals surface area contributed by atoms with E-state index in [1.54, 1.807) is 17.9 Å². The van der Waals surface area contributed by atoms with Crippen molar-refractivity contribution in [3.05, 3.63) is 34.1 Å². The summed E-state index contributed by atoms with van der Waals surface area (Å²) >= 11 is 5.69. The largest absolute Gasteiger partial charge is 0.434 e. The van der Waals surface area contributed by atoms with Crippen LogP contribution in [-0.2, 0) is 7.05 Å². The molecule has 0 fully saturated rings. The molecule has 2 aromatic rings. The summed E-state index contributed by atoms with van der Waals surface area (Å²) in [5.41, 5.74) is -0.439. The monoisotopic (exact) mass is 226 g/mol. The van der Waals surface area contributed by atoms with Gasteiger partial charge in [0, 0.05) is 7.05 Å². The molecule has 78 valence electrons. The lowest BCUT2D eigenvalue weighted by molar-refractivity contribution is 0.460. The van der Waals surface area contributed by atoms with Gasteiger partial charge in [0.2, 0.25) is 5.88 Å². The third kappa shape index (κ3) is 1.99. The van der Waals surface area contributed by atoms with Crippen LogP contribution in [0.4, 0.5) is 0 Å². The zero-order chi connectivity index (χ0) is 10.8. The van der Waals surface area contributed by atoms with E-state index in [2.05, 4.69) is 15.1 Å². The maximum absolute atomic E-state index is 11.1. The number of nitrogens with zero attached hydrogens (tertiary/aromatic N) is 3. The molecular weight excluding hydrogens is 220 g/mol. The van der Waals surface area contributed by atoms with Gasteiger partial charge in [-0.2, -0.15) is 5.10 Å². The van der Waals surface area contributed by atoms with Gasteiger partial charge < -0.3 is 9.72 Å². The van der Waals surface area contributed by atoms with Gasteiger partial charge in [-0.05, 0) is 0 Å². The number of ether oxygens (including phenoxy) is 1. The first-order valence-electron chi connectivity index (χ1n) is 4.06. The van der Waals surface area contributed by atoms with Gasteiger partial charge in [-0.25, -0.2) is 4.98 Å². The predicted octanol–water partition coefficient (Wildman–Crippen LogP) is 0.949. The van der Waals surface area contributed by atoms with E-state index in [1.807, 2.05) is 0 Å². The lowest BCUT2D eigenvalue weighted by Gasteiger charge is -2.01. The Morgan fingerprint density at radius 2 is 2.40 bits per heavy atom. The molecule has 0 aliphatic carbocycles. The van der Waals surface area contributed by atoms with Crippen LogP contribution < -0.4 is 10.3 Å². The van der Waals surface area contributed by atoms with Gasteiger partial charge in [-0.15, -0.1) is 0 Å². The molecule has 0 radical (unpaired) electrons. The van der Waals surface area contributed by atoms with Gasteiger partial charge in [-0.1, -0.05) is 11.6 Å². The smallest absolute Gasteiger partial charge is 0.273 e. The number of aromatic amines is 1. The summed E-state index contributed by atoms with van der Waals surface area (Å²) < 4.78 is 6.83. The first-order chi connectivity index (χ1) is 7.16. The highest BCUT2D eigenvalue weighted by Gasteiger charge is 2.08. The van der Waals surface area contributed by atoms with Crippen molar-refractivity contribution in [3.63, 3.8) is 0 Å². The van der Waals surface area contributed by atoms with E-state index in [-0.39, 0.29) is 10.9 Å². The van der Waals surface area contributed by atoms with Crippen molar-refractivity contribution < 1.29 is 4.74 Å². The SMILES string of the molecule is Cn1cc(Oc2nc[nH]c(=O)c2Cl)cn1. The van der Waals surface area contributed by atoms with Crippen molar-refractivity contribution in [3.8, 4) is 11.6 Å². The molecule has 0 saturated carbocycles. The third-order valence-corrected chi connectivity index (χ3v) is 1.99. The minimum atomic E-state index is -0.439. The van der Waals surface area contributed by atoms with Crippen LogP contribution in [0.2, 0.25) is 5.02 Å². The molecule has 0 aromatic carbocycles. The molecule has 2 rings (SSSR count). The summed E-state index contributed by atoms with van der Waals surface area (Å²) in [6.07, 6.45) is 4.36. The van der Waals surface area contributed by atoms with Crippen LogP contribution in [-0.4, -0.2) is 19.7 Å². The summed E-state index contributed by atoms with van der Waals surface area (Å²) in [5.74, 6) is 0.533. The number of rotatable bonds is 2. The Kier molecular flexibility index (Phi) is 2.42. The fourth-order valence-electron chi connectivity index (χ4n) is 1.00. The summed E-state index contributed by atoms with van der Waals surface area (Å²) in [7, 11) is 1.75. The number of aryl methyl sites for hydroxylation is 1. The van der Waals surface area contributed by atoms with Gasteiger partial charge in [0.25, 0.3) is 5.56 Å². The number of H-pyrrole nitrogens is 1. The normalized spacial score (nSPS) is 10.3. The number of nitrogens with one attached hydrogen (secondary N) is 1. The number of hydrogen-bond acceptors (Lipinski definition) is 4. The maximum Gasteiger partial charge on any atom is 0.273 e. The number of hydrogen-bond donors (Lipinski definition) is 1. The highest BCUT2D eigenvalue weighted by molar-refractivity contribution is 6.31. The zero-order valence-corrected chi connectivity index (χ0v) is 8.52. The van der Waals surface area contributed by atoms with Gasteiger partial charge in [0.05, 0.1) is 18.7 Å². The molecule has 0 bridgehead atoms. The molecule has 0 amide bonds. The molecule has 0 saturated heterocycles. The topological polar surface area (TPSA) is 72.8 Å². The molecule has 15 heavy (non-hydrogen) atoms. The fourth-order valence-corrected chi connectivity index (χ4v) is 1.14. The Hall–Kier alpha value is -1.82. The first kappa shape index (κ1) is 9.72. The van der Waals surface area contributed by atoms with Crippen LogP contribution in [0.3, 0.4) is 0 Å². The minimum Gasteiger partial charge on any atom is -0.434 e. The number of aromatic nitrogens is 4. The summed E-state index contributed by atoms with van der Waals surface area (Å²) in [4.78, 5) is 17.2. The lowest BCUT2D eigenvalue weighted by atomic mass is 10.6. The highest BCUT2D eigenvalue weighted by atomic mass is 35.5. The van der Waals surface area contributed by atoms with E-state index in [9.17, 15) is 4.79 Å². The van der Waals surface area contributed by atoms with Crippen molar-refractivity contribution >= 4 is 11.6 Å². The van der Waals surface area contributed by atoms with Gasteiger partial charge in [-0.3, -0.25) is 9.48 Å². The molecule has 2 aromatic heterocycles. The average molecular weight is 227 g/mol. The Bertz CT molecular complexity index is 533. The zero-order valence-electron chi connectivity index (χ0n) is 7.77.